The zero-order chi connectivity index (χ0) is 21.4. The van der Waals surface area contributed by atoms with E-state index in [2.05, 4.69) is 10.6 Å². The molecule has 158 valence electrons. The van der Waals surface area contributed by atoms with Gasteiger partial charge in [-0.15, -0.1) is 0 Å². The molecular formula is C22H30N2O5. The lowest BCUT2D eigenvalue weighted by Crippen LogP contribution is -2.66. The number of hydrogen-bond donors (Lipinski definition) is 3. The number of carboxylic acid groups (broad SMARTS) is 1. The molecule has 3 rings (SSSR count). The summed E-state index contributed by atoms with van der Waals surface area (Å²) in [5, 5.41) is 15.1. The molecule has 2 aliphatic carbocycles. The lowest BCUT2D eigenvalue weighted by atomic mass is 9.56. The van der Waals surface area contributed by atoms with Crippen LogP contribution in [-0.2, 0) is 20.9 Å². The summed E-state index contributed by atoms with van der Waals surface area (Å²) >= 11 is 0. The third-order valence-electron chi connectivity index (χ3n) is 6.97. The number of ether oxygens (including phenoxy) is 1. The molecule has 0 saturated heterocycles. The number of rotatable bonds is 6. The Balaban J connectivity index is 1.47. The highest BCUT2D eigenvalue weighted by atomic mass is 16.5. The molecule has 0 radical (unpaired) electrons. The van der Waals surface area contributed by atoms with Crippen LogP contribution in [0.5, 0.6) is 0 Å². The Morgan fingerprint density at radius 2 is 1.52 bits per heavy atom. The number of alkyl carbamates (subject to hydrolysis) is 1. The van der Waals surface area contributed by atoms with Crippen molar-refractivity contribution < 1.29 is 24.2 Å². The second-order valence-electron chi connectivity index (χ2n) is 9.38. The largest absolute Gasteiger partial charge is 0.481 e. The van der Waals surface area contributed by atoms with Crippen LogP contribution in [0.1, 0.15) is 46.1 Å². The van der Waals surface area contributed by atoms with E-state index in [0.717, 1.165) is 5.56 Å². The van der Waals surface area contributed by atoms with Gasteiger partial charge in [0.1, 0.15) is 6.61 Å². The molecular weight excluding hydrogens is 372 g/mol. The number of carbonyl (C=O) groups is 3. The predicted octanol–water partition coefficient (Wildman–Crippen LogP) is 2.94. The molecule has 0 bridgehead atoms. The van der Waals surface area contributed by atoms with Gasteiger partial charge in [0.2, 0.25) is 5.91 Å². The molecule has 4 atom stereocenters. The van der Waals surface area contributed by atoms with E-state index >= 15 is 0 Å². The first-order valence-corrected chi connectivity index (χ1v) is 10.0. The summed E-state index contributed by atoms with van der Waals surface area (Å²) in [6, 6.07) is 9.15. The fourth-order valence-corrected chi connectivity index (χ4v) is 4.38. The minimum absolute atomic E-state index is 0.0763. The van der Waals surface area contributed by atoms with Crippen LogP contribution in [0.25, 0.3) is 0 Å². The van der Waals surface area contributed by atoms with Crippen molar-refractivity contribution in [2.45, 2.75) is 59.2 Å². The average molecular weight is 402 g/mol. The Morgan fingerprint density at radius 3 is 2.07 bits per heavy atom. The highest BCUT2D eigenvalue weighted by molar-refractivity contribution is 5.82. The van der Waals surface area contributed by atoms with Gasteiger partial charge in [-0.2, -0.15) is 0 Å². The fraction of sp³-hybridized carbons (Fsp3) is 0.591. The summed E-state index contributed by atoms with van der Waals surface area (Å²) in [6.45, 7) is 7.85. The number of carboxylic acids is 1. The second-order valence-corrected chi connectivity index (χ2v) is 9.38. The highest BCUT2D eigenvalue weighted by Gasteiger charge is 2.56. The third kappa shape index (κ3) is 4.09. The van der Waals surface area contributed by atoms with Gasteiger partial charge in [-0.1, -0.05) is 58.0 Å². The van der Waals surface area contributed by atoms with Crippen LogP contribution in [0.15, 0.2) is 30.3 Å². The van der Waals surface area contributed by atoms with E-state index in [1.807, 2.05) is 58.0 Å². The maximum atomic E-state index is 12.7. The lowest BCUT2D eigenvalue weighted by molar-refractivity contribution is -0.158. The minimum Gasteiger partial charge on any atom is -0.481 e. The van der Waals surface area contributed by atoms with Gasteiger partial charge in [-0.3, -0.25) is 9.59 Å². The molecule has 0 aliphatic heterocycles. The fourth-order valence-electron chi connectivity index (χ4n) is 4.38. The highest BCUT2D eigenvalue weighted by Crippen LogP contribution is 2.49. The SMILES string of the molecule is CC1(C)[C@@H](C(=O)O)C[C@H]1NC(=O)[C@H]1C[C@@H](NC(=O)OCc2ccccc2)C1(C)C. The average Bonchev–Trinajstić information content (AvgIpc) is 2.66. The molecule has 0 spiro atoms. The van der Waals surface area contributed by atoms with Gasteiger partial charge in [-0.05, 0) is 29.2 Å². The topological polar surface area (TPSA) is 105 Å². The van der Waals surface area contributed by atoms with Gasteiger partial charge < -0.3 is 20.5 Å². The standard InChI is InChI=1S/C22H30N2O5/c1-21(2)14(18(25)23-16-11-15(19(26)27)22(16,3)4)10-17(21)24-20(28)29-12-13-8-6-5-7-9-13/h5-9,14-17H,10-12H2,1-4H3,(H,23,25)(H,24,28)(H,26,27)/t14-,15-,16-,17-/m1/s1. The van der Waals surface area contributed by atoms with Crippen LogP contribution >= 0.6 is 0 Å². The van der Waals surface area contributed by atoms with Crippen LogP contribution in [-0.4, -0.2) is 35.2 Å². The van der Waals surface area contributed by atoms with Crippen LogP contribution in [0.3, 0.4) is 0 Å². The van der Waals surface area contributed by atoms with Crippen molar-refractivity contribution in [2.75, 3.05) is 0 Å². The number of aliphatic carboxylic acids is 1. The van der Waals surface area contributed by atoms with Gasteiger partial charge >= 0.3 is 12.1 Å². The molecule has 0 heterocycles. The number of carbonyl (C=O) groups excluding carboxylic acids is 2. The molecule has 7 heteroatoms. The Bertz CT molecular complexity index is 790. The van der Waals surface area contributed by atoms with E-state index < -0.39 is 28.8 Å². The number of benzene rings is 1. The molecule has 0 aromatic heterocycles. The molecule has 0 unspecified atom stereocenters. The second kappa shape index (κ2) is 7.69. The predicted molar refractivity (Wildman–Crippen MR) is 107 cm³/mol. The number of nitrogens with one attached hydrogen (secondary N) is 2. The molecule has 29 heavy (non-hydrogen) atoms. The van der Waals surface area contributed by atoms with Crippen molar-refractivity contribution in [1.29, 1.82) is 0 Å². The number of hydrogen-bond acceptors (Lipinski definition) is 4. The Kier molecular flexibility index (Phi) is 5.61. The molecule has 2 amide bonds. The lowest BCUT2D eigenvalue weighted by Gasteiger charge is -2.54. The normalized spacial score (nSPS) is 29.0. The van der Waals surface area contributed by atoms with E-state index in [-0.39, 0.29) is 30.5 Å². The van der Waals surface area contributed by atoms with Crippen molar-refractivity contribution in [3.05, 3.63) is 35.9 Å². The van der Waals surface area contributed by atoms with Gasteiger partial charge in [0.15, 0.2) is 0 Å². The Morgan fingerprint density at radius 1 is 0.966 bits per heavy atom. The molecule has 2 aliphatic rings. The van der Waals surface area contributed by atoms with Crippen molar-refractivity contribution in [3.8, 4) is 0 Å². The smallest absolute Gasteiger partial charge is 0.407 e. The van der Waals surface area contributed by atoms with Gasteiger partial charge in [0.25, 0.3) is 0 Å². The summed E-state index contributed by atoms with van der Waals surface area (Å²) in [6.07, 6.45) is 0.499. The molecule has 2 fully saturated rings. The molecule has 1 aromatic rings. The monoisotopic (exact) mass is 402 g/mol. The number of amides is 2. The zero-order valence-corrected chi connectivity index (χ0v) is 17.4. The maximum Gasteiger partial charge on any atom is 0.407 e. The van der Waals surface area contributed by atoms with Crippen LogP contribution < -0.4 is 10.6 Å². The van der Waals surface area contributed by atoms with Crippen molar-refractivity contribution in [2.24, 2.45) is 22.7 Å². The minimum atomic E-state index is -0.817. The molecule has 3 N–H and O–H groups in total. The molecule has 2 saturated carbocycles. The summed E-state index contributed by atoms with van der Waals surface area (Å²) in [5.41, 5.74) is 0.0417. The summed E-state index contributed by atoms with van der Waals surface area (Å²) < 4.78 is 5.27. The summed E-state index contributed by atoms with van der Waals surface area (Å²) in [7, 11) is 0. The first-order chi connectivity index (χ1) is 13.5. The molecule has 7 nitrogen and oxygen atoms in total. The summed E-state index contributed by atoms with van der Waals surface area (Å²) in [5.74, 6) is -1.56. The quantitative estimate of drug-likeness (QED) is 0.679. The van der Waals surface area contributed by atoms with E-state index in [1.165, 1.54) is 0 Å². The van der Waals surface area contributed by atoms with Crippen LogP contribution in [0.2, 0.25) is 0 Å². The van der Waals surface area contributed by atoms with E-state index in [4.69, 9.17) is 4.74 Å². The van der Waals surface area contributed by atoms with Crippen molar-refractivity contribution in [3.63, 3.8) is 0 Å². The Hall–Kier alpha value is -2.57. The third-order valence-corrected chi connectivity index (χ3v) is 6.97. The maximum absolute atomic E-state index is 12.7. The van der Waals surface area contributed by atoms with Crippen molar-refractivity contribution in [1.82, 2.24) is 10.6 Å². The van der Waals surface area contributed by atoms with Gasteiger partial charge in [0, 0.05) is 18.0 Å². The first kappa shape index (κ1) is 21.1. The van der Waals surface area contributed by atoms with E-state index in [1.54, 1.807) is 0 Å². The Labute approximate surface area is 171 Å². The van der Waals surface area contributed by atoms with Gasteiger partial charge in [0.05, 0.1) is 5.92 Å². The first-order valence-electron chi connectivity index (χ1n) is 10.0. The molecule has 1 aromatic carbocycles. The van der Waals surface area contributed by atoms with Crippen LogP contribution in [0.4, 0.5) is 4.79 Å². The zero-order valence-electron chi connectivity index (χ0n) is 17.4. The van der Waals surface area contributed by atoms with Gasteiger partial charge in [-0.25, -0.2) is 4.79 Å². The van der Waals surface area contributed by atoms with Crippen LogP contribution in [0, 0.1) is 22.7 Å². The van der Waals surface area contributed by atoms with E-state index in [9.17, 15) is 19.5 Å². The van der Waals surface area contributed by atoms with Crippen molar-refractivity contribution >= 4 is 18.0 Å². The van der Waals surface area contributed by atoms with E-state index in [0.29, 0.717) is 12.8 Å². The summed E-state index contributed by atoms with van der Waals surface area (Å²) in [4.78, 5) is 36.1.